The summed E-state index contributed by atoms with van der Waals surface area (Å²) in [5, 5.41) is 0. The molecule has 0 saturated carbocycles. The normalized spacial score (nSPS) is 22.7. The van der Waals surface area contributed by atoms with Crippen molar-refractivity contribution in [1.82, 2.24) is 4.90 Å². The maximum absolute atomic E-state index is 11.5. The van der Waals surface area contributed by atoms with E-state index >= 15 is 0 Å². The van der Waals surface area contributed by atoms with Crippen LogP contribution in [-0.2, 0) is 14.3 Å². The average molecular weight is 233 g/mol. The van der Waals surface area contributed by atoms with Crippen molar-refractivity contribution in [3.05, 3.63) is 0 Å². The van der Waals surface area contributed by atoms with Crippen molar-refractivity contribution in [3.8, 4) is 0 Å². The molecule has 0 bridgehead atoms. The largest absolute Gasteiger partial charge is 0.468 e. The summed E-state index contributed by atoms with van der Waals surface area (Å²) in [6.45, 7) is 2.96. The van der Waals surface area contributed by atoms with Crippen LogP contribution in [0.25, 0.3) is 0 Å². The summed E-state index contributed by atoms with van der Waals surface area (Å²) >= 11 is 1.83. The van der Waals surface area contributed by atoms with E-state index in [0.29, 0.717) is 13.2 Å². The standard InChI is InChI=1S/C10H19NO3S/c1-13-10(12)9-8-14-6-5-11(9)4-3-7-15-2/h9H,3-8H2,1-2H3. The third-order valence-corrected chi connectivity index (χ3v) is 3.20. The van der Waals surface area contributed by atoms with E-state index in [1.54, 1.807) is 0 Å². The van der Waals surface area contributed by atoms with Crippen molar-refractivity contribution in [2.24, 2.45) is 0 Å². The predicted molar refractivity (Wildman–Crippen MR) is 61.2 cm³/mol. The molecule has 4 nitrogen and oxygen atoms in total. The molecule has 1 aliphatic heterocycles. The highest BCUT2D eigenvalue weighted by atomic mass is 32.2. The van der Waals surface area contributed by atoms with E-state index in [4.69, 9.17) is 9.47 Å². The molecule has 1 unspecified atom stereocenters. The monoisotopic (exact) mass is 233 g/mol. The Balaban J connectivity index is 2.39. The van der Waals surface area contributed by atoms with Crippen LogP contribution in [0, 0.1) is 0 Å². The van der Waals surface area contributed by atoms with Crippen LogP contribution in [0.15, 0.2) is 0 Å². The Kier molecular flexibility index (Phi) is 6.05. The number of methoxy groups -OCH3 is 1. The zero-order valence-electron chi connectivity index (χ0n) is 9.40. The molecule has 1 heterocycles. The number of rotatable bonds is 5. The first-order valence-electron chi connectivity index (χ1n) is 5.18. The van der Waals surface area contributed by atoms with Crippen LogP contribution in [0.5, 0.6) is 0 Å². The molecule has 88 valence electrons. The molecule has 0 N–H and O–H groups in total. The van der Waals surface area contributed by atoms with Crippen LogP contribution in [0.1, 0.15) is 6.42 Å². The first-order valence-corrected chi connectivity index (χ1v) is 6.57. The molecule has 0 spiro atoms. The Morgan fingerprint density at radius 3 is 3.13 bits per heavy atom. The Morgan fingerprint density at radius 2 is 2.47 bits per heavy atom. The molecular formula is C10H19NO3S. The number of carbonyl (C=O) groups is 1. The van der Waals surface area contributed by atoms with Crippen molar-refractivity contribution in [3.63, 3.8) is 0 Å². The number of thioether (sulfide) groups is 1. The minimum absolute atomic E-state index is 0.182. The second-order valence-electron chi connectivity index (χ2n) is 3.50. The average Bonchev–Trinajstić information content (AvgIpc) is 2.29. The van der Waals surface area contributed by atoms with Gasteiger partial charge in [0, 0.05) is 6.54 Å². The van der Waals surface area contributed by atoms with Crippen LogP contribution in [0.3, 0.4) is 0 Å². The summed E-state index contributed by atoms with van der Waals surface area (Å²) in [5.74, 6) is 0.949. The maximum Gasteiger partial charge on any atom is 0.325 e. The van der Waals surface area contributed by atoms with Crippen LogP contribution in [0.4, 0.5) is 0 Å². The number of morpholine rings is 1. The Hall–Kier alpha value is -0.260. The van der Waals surface area contributed by atoms with Gasteiger partial charge in [0.15, 0.2) is 0 Å². The van der Waals surface area contributed by atoms with Gasteiger partial charge in [-0.3, -0.25) is 9.69 Å². The second kappa shape index (κ2) is 7.09. The van der Waals surface area contributed by atoms with Gasteiger partial charge in [0.05, 0.1) is 20.3 Å². The first kappa shape index (κ1) is 12.8. The lowest BCUT2D eigenvalue weighted by Gasteiger charge is -2.33. The van der Waals surface area contributed by atoms with E-state index < -0.39 is 0 Å². The number of carbonyl (C=O) groups excluding carboxylic acids is 1. The molecule has 0 amide bonds. The molecule has 0 aliphatic carbocycles. The minimum atomic E-state index is -0.203. The quantitative estimate of drug-likeness (QED) is 0.514. The molecule has 0 aromatic heterocycles. The predicted octanol–water partition coefficient (Wildman–Crippen LogP) is 0.613. The van der Waals surface area contributed by atoms with Gasteiger partial charge in [0.2, 0.25) is 0 Å². The highest BCUT2D eigenvalue weighted by molar-refractivity contribution is 7.98. The highest BCUT2D eigenvalue weighted by Crippen LogP contribution is 2.10. The number of hydrogen-bond acceptors (Lipinski definition) is 5. The summed E-state index contributed by atoms with van der Waals surface area (Å²) in [4.78, 5) is 13.6. The maximum atomic E-state index is 11.5. The Morgan fingerprint density at radius 1 is 1.67 bits per heavy atom. The van der Waals surface area contributed by atoms with Crippen LogP contribution in [-0.4, -0.2) is 62.3 Å². The summed E-state index contributed by atoms with van der Waals surface area (Å²) in [6.07, 6.45) is 3.20. The molecule has 15 heavy (non-hydrogen) atoms. The summed E-state index contributed by atoms with van der Waals surface area (Å²) in [7, 11) is 1.43. The molecule has 1 rings (SSSR count). The van der Waals surface area contributed by atoms with E-state index in [1.165, 1.54) is 7.11 Å². The molecule has 1 saturated heterocycles. The van der Waals surface area contributed by atoms with Crippen LogP contribution in [0.2, 0.25) is 0 Å². The Labute approximate surface area is 95.3 Å². The molecule has 0 radical (unpaired) electrons. The summed E-state index contributed by atoms with van der Waals surface area (Å²) in [6, 6.07) is -0.203. The number of hydrogen-bond donors (Lipinski definition) is 0. The fourth-order valence-electron chi connectivity index (χ4n) is 1.67. The fraction of sp³-hybridized carbons (Fsp3) is 0.900. The van der Waals surface area contributed by atoms with Crippen LogP contribution < -0.4 is 0 Å². The van der Waals surface area contributed by atoms with Gasteiger partial charge in [-0.25, -0.2) is 0 Å². The van der Waals surface area contributed by atoms with Crippen molar-refractivity contribution in [2.75, 3.05) is 45.4 Å². The zero-order chi connectivity index (χ0) is 11.1. The zero-order valence-corrected chi connectivity index (χ0v) is 10.2. The van der Waals surface area contributed by atoms with E-state index in [9.17, 15) is 4.79 Å². The summed E-state index contributed by atoms with van der Waals surface area (Å²) in [5.41, 5.74) is 0. The smallest absolute Gasteiger partial charge is 0.325 e. The molecule has 1 aliphatic rings. The van der Waals surface area contributed by atoms with Gasteiger partial charge in [-0.2, -0.15) is 11.8 Å². The van der Waals surface area contributed by atoms with Gasteiger partial charge in [-0.05, 0) is 25.0 Å². The second-order valence-corrected chi connectivity index (χ2v) is 4.48. The van der Waals surface area contributed by atoms with E-state index in [-0.39, 0.29) is 12.0 Å². The lowest BCUT2D eigenvalue weighted by atomic mass is 10.2. The van der Waals surface area contributed by atoms with Gasteiger partial charge in [0.1, 0.15) is 6.04 Å². The van der Waals surface area contributed by atoms with E-state index in [1.807, 2.05) is 11.8 Å². The number of nitrogens with zero attached hydrogens (tertiary/aromatic N) is 1. The molecule has 5 heteroatoms. The number of esters is 1. The van der Waals surface area contributed by atoms with Gasteiger partial charge in [-0.1, -0.05) is 0 Å². The molecular weight excluding hydrogens is 214 g/mol. The SMILES string of the molecule is COC(=O)C1COCCN1CCCSC. The van der Waals surface area contributed by atoms with Crippen molar-refractivity contribution >= 4 is 17.7 Å². The lowest BCUT2D eigenvalue weighted by molar-refractivity contribution is -0.153. The first-order chi connectivity index (χ1) is 7.29. The Bertz CT molecular complexity index is 201. The third kappa shape index (κ3) is 4.01. The number of ether oxygens (including phenoxy) is 2. The summed E-state index contributed by atoms with van der Waals surface area (Å²) < 4.78 is 10.1. The molecule has 0 aromatic rings. The highest BCUT2D eigenvalue weighted by Gasteiger charge is 2.29. The minimum Gasteiger partial charge on any atom is -0.468 e. The van der Waals surface area contributed by atoms with Crippen molar-refractivity contribution in [1.29, 1.82) is 0 Å². The van der Waals surface area contributed by atoms with Crippen molar-refractivity contribution in [2.45, 2.75) is 12.5 Å². The van der Waals surface area contributed by atoms with Gasteiger partial charge < -0.3 is 9.47 Å². The van der Waals surface area contributed by atoms with Gasteiger partial charge in [0.25, 0.3) is 0 Å². The lowest BCUT2D eigenvalue weighted by Crippen LogP contribution is -2.50. The van der Waals surface area contributed by atoms with Crippen LogP contribution >= 0.6 is 11.8 Å². The van der Waals surface area contributed by atoms with E-state index in [2.05, 4.69) is 11.2 Å². The van der Waals surface area contributed by atoms with Gasteiger partial charge in [-0.15, -0.1) is 0 Å². The third-order valence-electron chi connectivity index (χ3n) is 2.51. The fourth-order valence-corrected chi connectivity index (χ4v) is 2.09. The van der Waals surface area contributed by atoms with E-state index in [0.717, 1.165) is 25.3 Å². The molecule has 0 aromatic carbocycles. The molecule has 1 fully saturated rings. The topological polar surface area (TPSA) is 38.8 Å². The van der Waals surface area contributed by atoms with Crippen molar-refractivity contribution < 1.29 is 14.3 Å². The van der Waals surface area contributed by atoms with Gasteiger partial charge >= 0.3 is 5.97 Å². The molecule has 1 atom stereocenters.